The van der Waals surface area contributed by atoms with Crippen LogP contribution in [0.2, 0.25) is 0 Å². The Hall–Kier alpha value is -0.880. The first-order valence-electron chi connectivity index (χ1n) is 9.87. The standard InChI is InChI=1S/C12H18O.C10H21OP/c1-5-9-6-7-11(13)10(8-9)12(2,3)4;1-4-7-8-10(5-2,6-3)9-12-11/h6-8,13H,5H2,1-4H3;4-9H2,1-3H3/p+1. The number of hydrogen-bond acceptors (Lipinski definition) is 2. The van der Waals surface area contributed by atoms with E-state index in [1.54, 1.807) is 6.07 Å². The predicted molar refractivity (Wildman–Crippen MR) is 113 cm³/mol. The quantitative estimate of drug-likeness (QED) is 0.491. The Kier molecular flexibility index (Phi) is 11.3. The summed E-state index contributed by atoms with van der Waals surface area (Å²) in [6.07, 6.45) is 8.07. The molecule has 0 saturated heterocycles. The van der Waals surface area contributed by atoms with Gasteiger partial charge in [0.2, 0.25) is 0 Å². The number of benzene rings is 1. The summed E-state index contributed by atoms with van der Waals surface area (Å²) in [6, 6.07) is 5.86. The molecule has 1 rings (SSSR count). The normalized spacial score (nSPS) is 12.0. The molecule has 0 radical (unpaired) electrons. The van der Waals surface area contributed by atoms with Crippen molar-refractivity contribution in [3.05, 3.63) is 29.3 Å². The van der Waals surface area contributed by atoms with E-state index in [1.165, 1.54) is 37.7 Å². The maximum absolute atomic E-state index is 10.7. The SMILES string of the molecule is CCCCC(CC)(CC)C[PH+]=O.CCc1ccc(O)c(C(C)(C)C)c1. The van der Waals surface area contributed by atoms with E-state index in [0.717, 1.165) is 18.1 Å². The Balaban J connectivity index is 0.000000463. The van der Waals surface area contributed by atoms with E-state index in [1.807, 2.05) is 6.07 Å². The molecule has 144 valence electrons. The zero-order valence-electron chi connectivity index (χ0n) is 17.5. The van der Waals surface area contributed by atoms with Gasteiger partial charge in [-0.25, -0.2) is 0 Å². The van der Waals surface area contributed by atoms with Crippen molar-refractivity contribution in [3.63, 3.8) is 0 Å². The Labute approximate surface area is 157 Å². The molecule has 1 atom stereocenters. The van der Waals surface area contributed by atoms with Gasteiger partial charge in [0.15, 0.2) is 0 Å². The van der Waals surface area contributed by atoms with Gasteiger partial charge in [-0.2, -0.15) is 0 Å². The number of aromatic hydroxyl groups is 1. The topological polar surface area (TPSA) is 37.3 Å². The van der Waals surface area contributed by atoms with Gasteiger partial charge in [0, 0.05) is 5.41 Å². The van der Waals surface area contributed by atoms with Gasteiger partial charge in [-0.3, -0.25) is 0 Å². The molecule has 0 spiro atoms. The largest absolute Gasteiger partial charge is 0.508 e. The van der Waals surface area contributed by atoms with E-state index in [9.17, 15) is 9.67 Å². The minimum absolute atomic E-state index is 0.0231. The zero-order valence-corrected chi connectivity index (χ0v) is 18.5. The lowest BCUT2D eigenvalue weighted by Crippen LogP contribution is -2.20. The Morgan fingerprint density at radius 3 is 2.04 bits per heavy atom. The molecule has 1 aromatic carbocycles. The fourth-order valence-electron chi connectivity index (χ4n) is 3.05. The molecule has 25 heavy (non-hydrogen) atoms. The number of hydrogen-bond donors (Lipinski definition) is 1. The molecule has 2 nitrogen and oxygen atoms in total. The molecule has 0 aliphatic rings. The average molecular weight is 368 g/mol. The molecular formula is C22H40O2P+. The van der Waals surface area contributed by atoms with Crippen LogP contribution in [0, 0.1) is 5.41 Å². The Morgan fingerprint density at radius 1 is 1.04 bits per heavy atom. The second kappa shape index (κ2) is 11.7. The molecular weight excluding hydrogens is 327 g/mol. The first-order valence-corrected chi connectivity index (χ1v) is 11.0. The summed E-state index contributed by atoms with van der Waals surface area (Å²) in [5.74, 6) is 0.407. The van der Waals surface area contributed by atoms with Gasteiger partial charge in [0.25, 0.3) is 0 Å². The molecule has 1 unspecified atom stereocenters. The minimum atomic E-state index is -0.116. The summed E-state index contributed by atoms with van der Waals surface area (Å²) in [6.45, 7) is 15.1. The summed E-state index contributed by atoms with van der Waals surface area (Å²) in [7, 11) is -0.116. The van der Waals surface area contributed by atoms with Crippen LogP contribution in [0.25, 0.3) is 0 Å². The lowest BCUT2D eigenvalue weighted by Gasteiger charge is -2.26. The number of rotatable bonds is 8. The molecule has 0 aliphatic carbocycles. The van der Waals surface area contributed by atoms with Crippen LogP contribution < -0.4 is 0 Å². The molecule has 1 aromatic rings. The minimum Gasteiger partial charge on any atom is -0.508 e. The summed E-state index contributed by atoms with van der Waals surface area (Å²) < 4.78 is 10.7. The number of phenolic OH excluding ortho intramolecular Hbond substituents is 1. The predicted octanol–water partition coefficient (Wildman–Crippen LogP) is 7.26. The number of phenols is 1. The third kappa shape index (κ3) is 8.36. The van der Waals surface area contributed by atoms with Gasteiger partial charge < -0.3 is 5.11 Å². The van der Waals surface area contributed by atoms with Gasteiger partial charge in [-0.05, 0) is 48.3 Å². The fraction of sp³-hybridized carbons (Fsp3) is 0.727. The van der Waals surface area contributed by atoms with Crippen LogP contribution >= 0.6 is 8.46 Å². The van der Waals surface area contributed by atoms with E-state index in [0.29, 0.717) is 11.2 Å². The van der Waals surface area contributed by atoms with E-state index < -0.39 is 0 Å². The van der Waals surface area contributed by atoms with E-state index in [-0.39, 0.29) is 13.9 Å². The van der Waals surface area contributed by atoms with Crippen molar-refractivity contribution in [2.45, 2.75) is 92.4 Å². The first kappa shape index (κ1) is 24.1. The van der Waals surface area contributed by atoms with Crippen molar-refractivity contribution in [1.29, 1.82) is 0 Å². The molecule has 0 aromatic heterocycles. The van der Waals surface area contributed by atoms with Gasteiger partial charge in [-0.1, -0.05) is 78.0 Å². The summed E-state index contributed by atoms with van der Waals surface area (Å²) in [5.41, 5.74) is 2.72. The van der Waals surface area contributed by atoms with Crippen molar-refractivity contribution in [2.24, 2.45) is 5.41 Å². The summed E-state index contributed by atoms with van der Waals surface area (Å²) in [5, 5.41) is 9.67. The molecule has 0 amide bonds. The Bertz CT molecular complexity index is 499. The highest BCUT2D eigenvalue weighted by molar-refractivity contribution is 7.23. The van der Waals surface area contributed by atoms with Crippen molar-refractivity contribution >= 4 is 8.46 Å². The van der Waals surface area contributed by atoms with Crippen LogP contribution in [0.3, 0.4) is 0 Å². The molecule has 0 heterocycles. The van der Waals surface area contributed by atoms with Crippen LogP contribution in [-0.4, -0.2) is 11.3 Å². The zero-order chi connectivity index (χ0) is 19.5. The third-order valence-electron chi connectivity index (χ3n) is 5.29. The number of unbranched alkanes of at least 4 members (excludes halogenated alkanes) is 1. The summed E-state index contributed by atoms with van der Waals surface area (Å²) in [4.78, 5) is 0. The highest BCUT2D eigenvalue weighted by Gasteiger charge is 2.28. The molecule has 0 aliphatic heterocycles. The maximum Gasteiger partial charge on any atom is 0.325 e. The average Bonchev–Trinajstić information content (AvgIpc) is 2.59. The molecule has 0 fully saturated rings. The monoisotopic (exact) mass is 367 g/mol. The van der Waals surface area contributed by atoms with Gasteiger partial charge in [0.05, 0.1) is 0 Å². The Morgan fingerprint density at radius 2 is 1.64 bits per heavy atom. The molecule has 1 N–H and O–H groups in total. The maximum atomic E-state index is 10.7. The van der Waals surface area contributed by atoms with Crippen LogP contribution in [0.1, 0.15) is 91.7 Å². The highest BCUT2D eigenvalue weighted by atomic mass is 31.1. The molecule has 0 bridgehead atoms. The number of aryl methyl sites for hydroxylation is 1. The van der Waals surface area contributed by atoms with Crippen molar-refractivity contribution in [1.82, 2.24) is 0 Å². The van der Waals surface area contributed by atoms with E-state index >= 15 is 0 Å². The van der Waals surface area contributed by atoms with Crippen LogP contribution in [0.5, 0.6) is 5.75 Å². The fourth-order valence-corrected chi connectivity index (χ4v) is 4.03. The van der Waals surface area contributed by atoms with Gasteiger partial charge in [0.1, 0.15) is 11.9 Å². The van der Waals surface area contributed by atoms with Crippen LogP contribution in [0.4, 0.5) is 0 Å². The lowest BCUT2D eigenvalue weighted by molar-refractivity contribution is 0.270. The summed E-state index contributed by atoms with van der Waals surface area (Å²) >= 11 is 0. The third-order valence-corrected chi connectivity index (χ3v) is 6.18. The first-order chi connectivity index (χ1) is 11.7. The smallest absolute Gasteiger partial charge is 0.325 e. The second-order valence-electron chi connectivity index (χ2n) is 8.09. The van der Waals surface area contributed by atoms with Gasteiger partial charge in [-0.15, -0.1) is 0 Å². The molecule has 3 heteroatoms. The van der Waals surface area contributed by atoms with E-state index in [4.69, 9.17) is 0 Å². The van der Waals surface area contributed by atoms with Crippen molar-refractivity contribution in [2.75, 3.05) is 6.16 Å². The van der Waals surface area contributed by atoms with E-state index in [2.05, 4.69) is 54.5 Å². The highest BCUT2D eigenvalue weighted by Crippen LogP contribution is 2.35. The molecule has 0 saturated carbocycles. The van der Waals surface area contributed by atoms with Gasteiger partial charge >= 0.3 is 8.46 Å². The van der Waals surface area contributed by atoms with Crippen molar-refractivity contribution < 1.29 is 9.67 Å². The second-order valence-corrected chi connectivity index (χ2v) is 8.73. The van der Waals surface area contributed by atoms with Crippen LogP contribution in [-0.2, 0) is 16.4 Å². The van der Waals surface area contributed by atoms with Crippen molar-refractivity contribution in [3.8, 4) is 5.75 Å². The lowest BCUT2D eigenvalue weighted by atomic mass is 9.80. The van der Waals surface area contributed by atoms with Crippen LogP contribution in [0.15, 0.2) is 18.2 Å².